The van der Waals surface area contributed by atoms with Crippen molar-refractivity contribution < 1.29 is 9.53 Å². The van der Waals surface area contributed by atoms with E-state index in [1.54, 1.807) is 0 Å². The quantitative estimate of drug-likeness (QED) is 0.775. The topological polar surface area (TPSA) is 43.3 Å². The van der Waals surface area contributed by atoms with Gasteiger partial charge in [0.1, 0.15) is 6.61 Å². The van der Waals surface area contributed by atoms with Crippen molar-refractivity contribution in [2.24, 2.45) is 0 Å². The third kappa shape index (κ3) is 3.83. The second-order valence-corrected chi connectivity index (χ2v) is 4.41. The summed E-state index contributed by atoms with van der Waals surface area (Å²) in [4.78, 5) is 11.3. The SMILES string of the molecule is CCOCC(=O)NCCCn1ccc2ccccc21. The number of rotatable bonds is 7. The zero-order chi connectivity index (χ0) is 13.5. The summed E-state index contributed by atoms with van der Waals surface area (Å²) in [5, 5.41) is 4.10. The highest BCUT2D eigenvalue weighted by Gasteiger charge is 2.01. The third-order valence-corrected chi connectivity index (χ3v) is 3.02. The molecule has 2 aromatic rings. The lowest BCUT2D eigenvalue weighted by molar-refractivity contribution is -0.125. The summed E-state index contributed by atoms with van der Waals surface area (Å²) in [7, 11) is 0. The van der Waals surface area contributed by atoms with E-state index in [0.29, 0.717) is 13.2 Å². The van der Waals surface area contributed by atoms with Crippen LogP contribution in [0.25, 0.3) is 10.9 Å². The van der Waals surface area contributed by atoms with Crippen molar-refractivity contribution in [3.63, 3.8) is 0 Å². The molecule has 0 unspecified atom stereocenters. The van der Waals surface area contributed by atoms with Gasteiger partial charge in [0.05, 0.1) is 0 Å². The van der Waals surface area contributed by atoms with Crippen LogP contribution in [0.4, 0.5) is 0 Å². The minimum Gasteiger partial charge on any atom is -0.372 e. The largest absolute Gasteiger partial charge is 0.372 e. The minimum atomic E-state index is -0.0424. The lowest BCUT2D eigenvalue weighted by atomic mass is 10.2. The van der Waals surface area contributed by atoms with Crippen LogP contribution in [0.1, 0.15) is 13.3 Å². The summed E-state index contributed by atoms with van der Waals surface area (Å²) in [5.74, 6) is -0.0424. The Morgan fingerprint density at radius 3 is 3.00 bits per heavy atom. The average molecular weight is 260 g/mol. The molecule has 1 N–H and O–H groups in total. The fraction of sp³-hybridized carbons (Fsp3) is 0.400. The summed E-state index contributed by atoms with van der Waals surface area (Å²) in [6.45, 7) is 4.19. The molecule has 0 radical (unpaired) electrons. The number of aromatic nitrogens is 1. The molecule has 0 atom stereocenters. The van der Waals surface area contributed by atoms with Crippen LogP contribution < -0.4 is 5.32 Å². The van der Waals surface area contributed by atoms with Gasteiger partial charge in [-0.3, -0.25) is 4.79 Å². The Hall–Kier alpha value is -1.81. The molecule has 4 nitrogen and oxygen atoms in total. The van der Waals surface area contributed by atoms with Gasteiger partial charge in [-0.05, 0) is 30.9 Å². The number of nitrogens with zero attached hydrogens (tertiary/aromatic N) is 1. The van der Waals surface area contributed by atoms with E-state index in [-0.39, 0.29) is 12.5 Å². The maximum Gasteiger partial charge on any atom is 0.245 e. The van der Waals surface area contributed by atoms with Crippen molar-refractivity contribution in [2.45, 2.75) is 19.9 Å². The fourth-order valence-corrected chi connectivity index (χ4v) is 2.06. The standard InChI is InChI=1S/C15H20N2O2/c1-2-19-12-15(18)16-9-5-10-17-11-8-13-6-3-4-7-14(13)17/h3-4,6-8,11H,2,5,9-10,12H2,1H3,(H,16,18). The van der Waals surface area contributed by atoms with Gasteiger partial charge in [-0.2, -0.15) is 0 Å². The van der Waals surface area contributed by atoms with Crippen molar-refractivity contribution in [2.75, 3.05) is 19.8 Å². The zero-order valence-electron chi connectivity index (χ0n) is 11.3. The van der Waals surface area contributed by atoms with Crippen molar-refractivity contribution in [1.82, 2.24) is 9.88 Å². The van der Waals surface area contributed by atoms with Crippen molar-refractivity contribution in [3.05, 3.63) is 36.5 Å². The van der Waals surface area contributed by atoms with Crippen molar-refractivity contribution >= 4 is 16.8 Å². The number of fused-ring (bicyclic) bond motifs is 1. The molecule has 1 heterocycles. The minimum absolute atomic E-state index is 0.0424. The molecule has 0 aliphatic carbocycles. The Bertz CT molecular complexity index is 534. The third-order valence-electron chi connectivity index (χ3n) is 3.02. The first-order chi connectivity index (χ1) is 9.31. The summed E-state index contributed by atoms with van der Waals surface area (Å²) < 4.78 is 7.25. The van der Waals surface area contributed by atoms with E-state index in [9.17, 15) is 4.79 Å². The van der Waals surface area contributed by atoms with Crippen molar-refractivity contribution in [1.29, 1.82) is 0 Å². The van der Waals surface area contributed by atoms with E-state index in [2.05, 4.69) is 34.3 Å². The maximum absolute atomic E-state index is 11.3. The molecule has 19 heavy (non-hydrogen) atoms. The molecule has 2 rings (SSSR count). The highest BCUT2D eigenvalue weighted by molar-refractivity contribution is 5.79. The highest BCUT2D eigenvalue weighted by atomic mass is 16.5. The lowest BCUT2D eigenvalue weighted by Gasteiger charge is -2.07. The maximum atomic E-state index is 11.3. The molecule has 102 valence electrons. The van der Waals surface area contributed by atoms with Gasteiger partial charge in [-0.25, -0.2) is 0 Å². The summed E-state index contributed by atoms with van der Waals surface area (Å²) in [5.41, 5.74) is 1.24. The molecule has 0 spiro atoms. The summed E-state index contributed by atoms with van der Waals surface area (Å²) in [6.07, 6.45) is 3.00. The van der Waals surface area contributed by atoms with Crippen LogP contribution in [0.15, 0.2) is 36.5 Å². The van der Waals surface area contributed by atoms with Crippen LogP contribution in [0.5, 0.6) is 0 Å². The van der Waals surface area contributed by atoms with Gasteiger partial charge < -0.3 is 14.6 Å². The number of benzene rings is 1. The van der Waals surface area contributed by atoms with E-state index in [1.807, 2.05) is 19.1 Å². The summed E-state index contributed by atoms with van der Waals surface area (Å²) >= 11 is 0. The second kappa shape index (κ2) is 6.95. The van der Waals surface area contributed by atoms with E-state index in [4.69, 9.17) is 4.74 Å². The van der Waals surface area contributed by atoms with E-state index in [1.165, 1.54) is 10.9 Å². The first kappa shape index (κ1) is 13.6. The van der Waals surface area contributed by atoms with E-state index in [0.717, 1.165) is 13.0 Å². The van der Waals surface area contributed by atoms with Crippen LogP contribution in [-0.2, 0) is 16.1 Å². The van der Waals surface area contributed by atoms with Crippen molar-refractivity contribution in [3.8, 4) is 0 Å². The first-order valence-corrected chi connectivity index (χ1v) is 6.69. The van der Waals surface area contributed by atoms with Gasteiger partial charge in [0.15, 0.2) is 0 Å². The Balaban J connectivity index is 1.75. The number of hydrogen-bond acceptors (Lipinski definition) is 2. The Labute approximate surface area is 113 Å². The molecule has 1 aromatic carbocycles. The van der Waals surface area contributed by atoms with Gasteiger partial charge in [-0.15, -0.1) is 0 Å². The second-order valence-electron chi connectivity index (χ2n) is 4.41. The van der Waals surface area contributed by atoms with Gasteiger partial charge in [0.25, 0.3) is 0 Å². The monoisotopic (exact) mass is 260 g/mol. The highest BCUT2D eigenvalue weighted by Crippen LogP contribution is 2.14. The van der Waals surface area contributed by atoms with E-state index >= 15 is 0 Å². The molecule has 0 bridgehead atoms. The molecular formula is C15H20N2O2. The number of aryl methyl sites for hydroxylation is 1. The number of ether oxygens (including phenoxy) is 1. The van der Waals surface area contributed by atoms with Crippen LogP contribution >= 0.6 is 0 Å². The Morgan fingerprint density at radius 1 is 1.32 bits per heavy atom. The number of carbonyl (C=O) groups excluding carboxylic acids is 1. The molecule has 1 amide bonds. The normalized spacial score (nSPS) is 10.8. The molecule has 0 saturated carbocycles. The average Bonchev–Trinajstić information content (AvgIpc) is 2.85. The van der Waals surface area contributed by atoms with Gasteiger partial charge in [0.2, 0.25) is 5.91 Å². The number of amides is 1. The van der Waals surface area contributed by atoms with Gasteiger partial charge in [-0.1, -0.05) is 18.2 Å². The number of nitrogens with one attached hydrogen (secondary N) is 1. The molecule has 4 heteroatoms. The van der Waals surface area contributed by atoms with Crippen LogP contribution in [0, 0.1) is 0 Å². The molecule has 1 aromatic heterocycles. The zero-order valence-corrected chi connectivity index (χ0v) is 11.3. The predicted molar refractivity (Wildman–Crippen MR) is 76.1 cm³/mol. The van der Waals surface area contributed by atoms with Gasteiger partial charge >= 0.3 is 0 Å². The molecule has 0 fully saturated rings. The summed E-state index contributed by atoms with van der Waals surface area (Å²) in [6, 6.07) is 10.4. The Kier molecular flexibility index (Phi) is 4.98. The van der Waals surface area contributed by atoms with Crippen LogP contribution in [0.3, 0.4) is 0 Å². The number of carbonyl (C=O) groups is 1. The van der Waals surface area contributed by atoms with Crippen LogP contribution in [0.2, 0.25) is 0 Å². The fourth-order valence-electron chi connectivity index (χ4n) is 2.06. The van der Waals surface area contributed by atoms with Crippen LogP contribution in [-0.4, -0.2) is 30.2 Å². The molecule has 0 aliphatic heterocycles. The number of para-hydroxylation sites is 1. The van der Waals surface area contributed by atoms with Gasteiger partial charge in [0, 0.05) is 31.4 Å². The predicted octanol–water partition coefficient (Wildman–Crippen LogP) is 2.18. The first-order valence-electron chi connectivity index (χ1n) is 6.69. The number of hydrogen-bond donors (Lipinski definition) is 1. The smallest absolute Gasteiger partial charge is 0.245 e. The Morgan fingerprint density at radius 2 is 2.16 bits per heavy atom. The lowest BCUT2D eigenvalue weighted by Crippen LogP contribution is -2.29. The molecule has 0 saturated heterocycles. The molecule has 0 aliphatic rings. The molecular weight excluding hydrogens is 240 g/mol. The van der Waals surface area contributed by atoms with E-state index < -0.39 is 0 Å².